The maximum Gasteiger partial charge on any atom is 0.206 e. The minimum Gasteiger partial charge on any atom is -0.380 e. The summed E-state index contributed by atoms with van der Waals surface area (Å²) in [6, 6.07) is 19.7. The zero-order chi connectivity index (χ0) is 23.2. The summed E-state index contributed by atoms with van der Waals surface area (Å²) in [4.78, 5) is 10.2. The third-order valence-corrected chi connectivity index (χ3v) is 7.71. The molecule has 190 valence electrons. The van der Waals surface area contributed by atoms with Crippen molar-refractivity contribution >= 4 is 41.0 Å². The summed E-state index contributed by atoms with van der Waals surface area (Å²) in [7, 11) is 0. The van der Waals surface area contributed by atoms with Gasteiger partial charge in [-0.15, -0.1) is 24.0 Å². The van der Waals surface area contributed by atoms with E-state index in [2.05, 4.69) is 81.2 Å². The van der Waals surface area contributed by atoms with Crippen molar-refractivity contribution < 1.29 is 4.74 Å². The van der Waals surface area contributed by atoms with Crippen LogP contribution in [0.1, 0.15) is 31.7 Å². The van der Waals surface area contributed by atoms with Gasteiger partial charge >= 0.3 is 0 Å². The standard InChI is InChI=1S/C28H39N5O.HI/c1-2-34-22-21-33-26-12-7-6-11-25(26)30-27(33)32-17-8-16-31(19-20-32)18-14-28(13-15-29-23-28)24-9-4-3-5-10-24;/h3-7,9-12,29H,2,8,13-23H2,1H3;1H. The Hall–Kier alpha value is -1.68. The summed E-state index contributed by atoms with van der Waals surface area (Å²) < 4.78 is 8.04. The molecule has 0 amide bonds. The van der Waals surface area contributed by atoms with Crippen molar-refractivity contribution in [2.45, 2.75) is 38.1 Å². The van der Waals surface area contributed by atoms with Crippen LogP contribution in [0.4, 0.5) is 5.95 Å². The molecule has 1 aromatic heterocycles. The summed E-state index contributed by atoms with van der Waals surface area (Å²) in [6.45, 7) is 12.1. The van der Waals surface area contributed by atoms with Crippen LogP contribution >= 0.6 is 24.0 Å². The first-order valence-electron chi connectivity index (χ1n) is 13.1. The fraction of sp³-hybridized carbons (Fsp3) is 0.536. The largest absolute Gasteiger partial charge is 0.380 e. The number of imidazole rings is 1. The van der Waals surface area contributed by atoms with Crippen LogP contribution in [0.25, 0.3) is 11.0 Å². The average Bonchev–Trinajstić information content (AvgIpc) is 3.43. The highest BCUT2D eigenvalue weighted by atomic mass is 127. The van der Waals surface area contributed by atoms with Crippen LogP contribution in [0.2, 0.25) is 0 Å². The van der Waals surface area contributed by atoms with Gasteiger partial charge < -0.3 is 24.4 Å². The Balaban J connectivity index is 0.00000289. The van der Waals surface area contributed by atoms with Gasteiger partial charge in [0.1, 0.15) is 0 Å². The number of rotatable bonds is 9. The predicted molar refractivity (Wildman–Crippen MR) is 155 cm³/mol. The van der Waals surface area contributed by atoms with Crippen molar-refractivity contribution in [3.8, 4) is 0 Å². The molecule has 2 fully saturated rings. The van der Waals surface area contributed by atoms with Crippen molar-refractivity contribution in [1.82, 2.24) is 19.8 Å². The van der Waals surface area contributed by atoms with Gasteiger partial charge in [-0.3, -0.25) is 0 Å². The SMILES string of the molecule is CCOCCn1c(N2CCCN(CCC3(c4ccccc4)CCNC3)CC2)nc2ccccc21.I. The fourth-order valence-electron chi connectivity index (χ4n) is 5.73. The second-order valence-electron chi connectivity index (χ2n) is 9.75. The van der Waals surface area contributed by atoms with Crippen LogP contribution in [-0.2, 0) is 16.7 Å². The highest BCUT2D eigenvalue weighted by molar-refractivity contribution is 14.0. The van der Waals surface area contributed by atoms with Crippen molar-refractivity contribution in [2.24, 2.45) is 0 Å². The van der Waals surface area contributed by atoms with Gasteiger partial charge in [-0.1, -0.05) is 42.5 Å². The van der Waals surface area contributed by atoms with E-state index in [9.17, 15) is 0 Å². The molecule has 0 spiro atoms. The van der Waals surface area contributed by atoms with E-state index in [-0.39, 0.29) is 29.4 Å². The zero-order valence-corrected chi connectivity index (χ0v) is 23.3. The lowest BCUT2D eigenvalue weighted by atomic mass is 9.77. The van der Waals surface area contributed by atoms with Crippen LogP contribution in [-0.4, -0.2) is 73.5 Å². The van der Waals surface area contributed by atoms with E-state index in [0.29, 0.717) is 0 Å². The minimum atomic E-state index is 0. The Kier molecular flexibility index (Phi) is 9.44. The summed E-state index contributed by atoms with van der Waals surface area (Å²) in [6.07, 6.45) is 3.63. The number of benzene rings is 2. The van der Waals surface area contributed by atoms with Gasteiger partial charge in [0, 0.05) is 44.7 Å². The van der Waals surface area contributed by atoms with Crippen LogP contribution in [0.5, 0.6) is 0 Å². The lowest BCUT2D eigenvalue weighted by Crippen LogP contribution is -2.37. The van der Waals surface area contributed by atoms with Gasteiger partial charge in [-0.25, -0.2) is 4.98 Å². The predicted octanol–water partition coefficient (Wildman–Crippen LogP) is 4.52. The Labute approximate surface area is 227 Å². The minimum absolute atomic E-state index is 0. The molecule has 1 N–H and O–H groups in total. The molecule has 35 heavy (non-hydrogen) atoms. The van der Waals surface area contributed by atoms with Crippen LogP contribution in [0.15, 0.2) is 54.6 Å². The van der Waals surface area contributed by atoms with Crippen molar-refractivity contribution in [3.05, 3.63) is 60.2 Å². The molecule has 3 aromatic rings. The first-order valence-corrected chi connectivity index (χ1v) is 13.1. The fourth-order valence-corrected chi connectivity index (χ4v) is 5.73. The molecule has 2 aliphatic heterocycles. The van der Waals surface area contributed by atoms with E-state index < -0.39 is 0 Å². The topological polar surface area (TPSA) is 45.6 Å². The van der Waals surface area contributed by atoms with Crippen molar-refractivity contribution in [1.29, 1.82) is 0 Å². The molecule has 2 aliphatic rings. The van der Waals surface area contributed by atoms with E-state index in [1.807, 2.05) is 0 Å². The monoisotopic (exact) mass is 589 g/mol. The Morgan fingerprint density at radius 3 is 2.60 bits per heavy atom. The summed E-state index contributed by atoms with van der Waals surface area (Å²) >= 11 is 0. The van der Waals surface area contributed by atoms with Crippen LogP contribution < -0.4 is 10.2 Å². The van der Waals surface area contributed by atoms with Gasteiger partial charge in [0.25, 0.3) is 0 Å². The molecule has 0 radical (unpaired) electrons. The smallest absolute Gasteiger partial charge is 0.206 e. The third-order valence-electron chi connectivity index (χ3n) is 7.71. The maximum atomic E-state index is 5.69. The lowest BCUT2D eigenvalue weighted by Gasteiger charge is -2.32. The second kappa shape index (κ2) is 12.5. The van der Waals surface area contributed by atoms with Gasteiger partial charge in [0.15, 0.2) is 0 Å². The molecular weight excluding hydrogens is 549 g/mol. The molecule has 6 nitrogen and oxygen atoms in total. The number of nitrogens with one attached hydrogen (secondary N) is 1. The number of hydrogen-bond acceptors (Lipinski definition) is 5. The summed E-state index contributed by atoms with van der Waals surface area (Å²) in [5.41, 5.74) is 4.06. The lowest BCUT2D eigenvalue weighted by molar-refractivity contribution is 0.140. The quantitative estimate of drug-likeness (QED) is 0.294. The third kappa shape index (κ3) is 6.01. The van der Waals surface area contributed by atoms with Gasteiger partial charge in [0.2, 0.25) is 5.95 Å². The van der Waals surface area contributed by atoms with E-state index in [1.165, 1.54) is 30.3 Å². The first-order chi connectivity index (χ1) is 16.8. The van der Waals surface area contributed by atoms with E-state index >= 15 is 0 Å². The van der Waals surface area contributed by atoms with Crippen molar-refractivity contribution in [3.63, 3.8) is 0 Å². The zero-order valence-electron chi connectivity index (χ0n) is 21.0. The molecule has 2 saturated heterocycles. The molecule has 0 bridgehead atoms. The number of ether oxygens (including phenoxy) is 1. The number of aromatic nitrogens is 2. The Bertz CT molecular complexity index is 1050. The molecule has 7 heteroatoms. The number of anilines is 1. The summed E-state index contributed by atoms with van der Waals surface area (Å²) in [5, 5.41) is 3.63. The van der Waals surface area contributed by atoms with Crippen LogP contribution in [0, 0.1) is 0 Å². The molecule has 0 saturated carbocycles. The first kappa shape index (κ1) is 26.4. The molecule has 3 heterocycles. The van der Waals surface area contributed by atoms with Gasteiger partial charge in [-0.05, 0) is 63.5 Å². The molecule has 1 unspecified atom stereocenters. The summed E-state index contributed by atoms with van der Waals surface area (Å²) in [5.74, 6) is 1.10. The number of para-hydroxylation sites is 2. The number of halogens is 1. The average molecular weight is 590 g/mol. The molecular formula is C28H40IN5O. The number of nitrogens with zero attached hydrogens (tertiary/aromatic N) is 4. The van der Waals surface area contributed by atoms with Crippen molar-refractivity contribution in [2.75, 3.05) is 63.9 Å². The van der Waals surface area contributed by atoms with E-state index in [0.717, 1.165) is 77.0 Å². The number of fused-ring (bicyclic) bond motifs is 1. The van der Waals surface area contributed by atoms with Gasteiger partial charge in [-0.2, -0.15) is 0 Å². The van der Waals surface area contributed by atoms with E-state index in [1.54, 1.807) is 0 Å². The Morgan fingerprint density at radius 1 is 0.971 bits per heavy atom. The highest BCUT2D eigenvalue weighted by Gasteiger charge is 2.35. The van der Waals surface area contributed by atoms with E-state index in [4.69, 9.17) is 9.72 Å². The van der Waals surface area contributed by atoms with Gasteiger partial charge in [0.05, 0.1) is 17.6 Å². The van der Waals surface area contributed by atoms with Crippen LogP contribution in [0.3, 0.4) is 0 Å². The molecule has 1 atom stereocenters. The second-order valence-corrected chi connectivity index (χ2v) is 9.75. The normalized spacial score (nSPS) is 21.2. The molecule has 0 aliphatic carbocycles. The highest BCUT2D eigenvalue weighted by Crippen LogP contribution is 2.34. The molecule has 2 aromatic carbocycles. The maximum absolute atomic E-state index is 5.69. The molecule has 5 rings (SSSR count). The number of hydrogen-bond donors (Lipinski definition) is 1. The Morgan fingerprint density at radius 2 is 1.80 bits per heavy atom.